The van der Waals surface area contributed by atoms with E-state index in [-0.39, 0.29) is 5.91 Å². The maximum Gasteiger partial charge on any atom is 0.224 e. The molecular formula is C16H19NO2. The predicted molar refractivity (Wildman–Crippen MR) is 74.1 cm³/mol. The Kier molecular flexibility index (Phi) is 3.36. The van der Waals surface area contributed by atoms with Crippen molar-refractivity contribution in [3.63, 3.8) is 0 Å². The lowest BCUT2D eigenvalue weighted by molar-refractivity contribution is -0.121. The minimum atomic E-state index is 0.117. The number of hydrogen-bond donors (Lipinski definition) is 1. The van der Waals surface area contributed by atoms with Gasteiger partial charge in [0.25, 0.3) is 0 Å². The van der Waals surface area contributed by atoms with Gasteiger partial charge in [0.1, 0.15) is 5.78 Å². The zero-order valence-corrected chi connectivity index (χ0v) is 11.1. The summed E-state index contributed by atoms with van der Waals surface area (Å²) in [5.41, 5.74) is 3.57. The Morgan fingerprint density at radius 2 is 1.84 bits per heavy atom. The monoisotopic (exact) mass is 257 g/mol. The molecule has 2 aliphatic rings. The highest BCUT2D eigenvalue weighted by molar-refractivity contribution is 5.93. The van der Waals surface area contributed by atoms with Gasteiger partial charge < -0.3 is 5.32 Å². The number of Topliss-reactive ketones (excluding diaryl/α,β-unsaturated/α-hetero) is 1. The second-order valence-electron chi connectivity index (χ2n) is 5.73. The molecule has 100 valence electrons. The number of carbonyl (C=O) groups excluding carboxylic acids is 2. The van der Waals surface area contributed by atoms with Crippen molar-refractivity contribution in [3.05, 3.63) is 29.3 Å². The summed E-state index contributed by atoms with van der Waals surface area (Å²) in [6.07, 6.45) is 6.08. The molecule has 1 heterocycles. The van der Waals surface area contributed by atoms with E-state index in [4.69, 9.17) is 0 Å². The van der Waals surface area contributed by atoms with Gasteiger partial charge in [-0.25, -0.2) is 0 Å². The van der Waals surface area contributed by atoms with E-state index in [1.165, 1.54) is 11.1 Å². The van der Waals surface area contributed by atoms with Crippen LogP contribution in [0.25, 0.3) is 0 Å². The van der Waals surface area contributed by atoms with Crippen LogP contribution in [0.15, 0.2) is 18.2 Å². The molecule has 0 aromatic heterocycles. The lowest BCUT2D eigenvalue weighted by Gasteiger charge is -2.22. The number of anilines is 1. The van der Waals surface area contributed by atoms with E-state index in [2.05, 4.69) is 17.4 Å². The fourth-order valence-corrected chi connectivity index (χ4v) is 3.10. The highest BCUT2D eigenvalue weighted by atomic mass is 16.1. The minimum absolute atomic E-state index is 0.117. The fourth-order valence-electron chi connectivity index (χ4n) is 3.10. The number of hydrogen-bond acceptors (Lipinski definition) is 2. The molecule has 0 atom stereocenters. The van der Waals surface area contributed by atoms with Gasteiger partial charge in [0.15, 0.2) is 0 Å². The fraction of sp³-hybridized carbons (Fsp3) is 0.500. The average molecular weight is 257 g/mol. The van der Waals surface area contributed by atoms with Crippen LogP contribution in [0.5, 0.6) is 0 Å². The van der Waals surface area contributed by atoms with E-state index in [0.717, 1.165) is 44.2 Å². The predicted octanol–water partition coefficient (Wildman–Crippen LogP) is 2.87. The molecule has 1 fully saturated rings. The molecule has 19 heavy (non-hydrogen) atoms. The molecule has 3 rings (SSSR count). The summed E-state index contributed by atoms with van der Waals surface area (Å²) < 4.78 is 0. The standard InChI is InChI=1S/C16H19NO2/c18-14-5-1-11(2-6-14)9-12-3-7-15-13(10-12)4-8-16(19)17-15/h3,7,10-11H,1-2,4-6,8-9H2,(H,17,19). The number of fused-ring (bicyclic) bond motifs is 1. The largest absolute Gasteiger partial charge is 0.326 e. The normalized spacial score (nSPS) is 20.0. The Labute approximate surface area is 113 Å². The van der Waals surface area contributed by atoms with Crippen molar-refractivity contribution in [2.75, 3.05) is 5.32 Å². The number of nitrogens with one attached hydrogen (secondary N) is 1. The maximum atomic E-state index is 11.3. The molecule has 3 nitrogen and oxygen atoms in total. The van der Waals surface area contributed by atoms with Gasteiger partial charge in [0.2, 0.25) is 5.91 Å². The molecule has 0 unspecified atom stereocenters. The van der Waals surface area contributed by atoms with E-state index >= 15 is 0 Å². The zero-order valence-electron chi connectivity index (χ0n) is 11.1. The second kappa shape index (κ2) is 5.16. The van der Waals surface area contributed by atoms with Crippen LogP contribution in [0, 0.1) is 5.92 Å². The van der Waals surface area contributed by atoms with E-state index in [0.29, 0.717) is 18.1 Å². The van der Waals surface area contributed by atoms with Crippen molar-refractivity contribution in [1.29, 1.82) is 0 Å². The molecule has 1 aromatic rings. The quantitative estimate of drug-likeness (QED) is 0.885. The Balaban J connectivity index is 1.69. The van der Waals surface area contributed by atoms with Crippen molar-refractivity contribution >= 4 is 17.4 Å². The van der Waals surface area contributed by atoms with Gasteiger partial charge in [-0.1, -0.05) is 12.1 Å². The van der Waals surface area contributed by atoms with Gasteiger partial charge in [-0.15, -0.1) is 0 Å². The van der Waals surface area contributed by atoms with Crippen LogP contribution in [0.2, 0.25) is 0 Å². The summed E-state index contributed by atoms with van der Waals surface area (Å²) in [4.78, 5) is 22.6. The average Bonchev–Trinajstić information content (AvgIpc) is 2.42. The molecule has 1 amide bonds. The van der Waals surface area contributed by atoms with Crippen molar-refractivity contribution in [1.82, 2.24) is 0 Å². The number of ketones is 1. The maximum absolute atomic E-state index is 11.3. The summed E-state index contributed by atoms with van der Waals surface area (Å²) in [6.45, 7) is 0. The Morgan fingerprint density at radius 1 is 1.05 bits per heavy atom. The van der Waals surface area contributed by atoms with Gasteiger partial charge in [0.05, 0.1) is 0 Å². The summed E-state index contributed by atoms with van der Waals surface area (Å²) in [5, 5.41) is 2.91. The van der Waals surface area contributed by atoms with Gasteiger partial charge >= 0.3 is 0 Å². The summed E-state index contributed by atoms with van der Waals surface area (Å²) >= 11 is 0. The second-order valence-corrected chi connectivity index (χ2v) is 5.73. The Morgan fingerprint density at radius 3 is 2.63 bits per heavy atom. The van der Waals surface area contributed by atoms with E-state index in [1.54, 1.807) is 0 Å². The number of rotatable bonds is 2. The highest BCUT2D eigenvalue weighted by Gasteiger charge is 2.20. The Bertz CT molecular complexity index is 511. The molecule has 0 radical (unpaired) electrons. The van der Waals surface area contributed by atoms with Gasteiger partial charge in [-0.05, 0) is 48.8 Å². The van der Waals surface area contributed by atoms with Crippen molar-refractivity contribution in [2.45, 2.75) is 44.9 Å². The summed E-state index contributed by atoms with van der Waals surface area (Å²) in [5.74, 6) is 1.18. The molecule has 1 N–H and O–H groups in total. The van der Waals surface area contributed by atoms with Crippen LogP contribution >= 0.6 is 0 Å². The van der Waals surface area contributed by atoms with Crippen molar-refractivity contribution < 1.29 is 9.59 Å². The SMILES string of the molecule is O=C1CCC(Cc2ccc3c(c2)CCC(=O)N3)CC1. The number of carbonyl (C=O) groups is 2. The molecule has 1 aliphatic heterocycles. The van der Waals surface area contributed by atoms with Crippen LogP contribution in [-0.2, 0) is 22.4 Å². The molecule has 1 aliphatic carbocycles. The van der Waals surface area contributed by atoms with Gasteiger partial charge in [0, 0.05) is 24.9 Å². The first-order valence-electron chi connectivity index (χ1n) is 7.14. The summed E-state index contributed by atoms with van der Waals surface area (Å²) in [7, 11) is 0. The molecule has 3 heteroatoms. The smallest absolute Gasteiger partial charge is 0.224 e. The highest BCUT2D eigenvalue weighted by Crippen LogP contribution is 2.28. The molecular weight excluding hydrogens is 238 g/mol. The molecule has 1 aromatic carbocycles. The topological polar surface area (TPSA) is 46.2 Å². The third kappa shape index (κ3) is 2.86. The number of benzene rings is 1. The third-order valence-electron chi connectivity index (χ3n) is 4.25. The third-order valence-corrected chi connectivity index (χ3v) is 4.25. The van der Waals surface area contributed by atoms with Crippen LogP contribution in [-0.4, -0.2) is 11.7 Å². The first kappa shape index (κ1) is 12.4. The summed E-state index contributed by atoms with van der Waals surface area (Å²) in [6, 6.07) is 6.36. The van der Waals surface area contributed by atoms with Crippen LogP contribution in [0.3, 0.4) is 0 Å². The van der Waals surface area contributed by atoms with E-state index in [1.807, 2.05) is 6.07 Å². The first-order valence-corrected chi connectivity index (χ1v) is 7.14. The zero-order chi connectivity index (χ0) is 13.2. The van der Waals surface area contributed by atoms with Crippen LogP contribution in [0.1, 0.15) is 43.2 Å². The molecule has 1 saturated carbocycles. The number of amides is 1. The molecule has 0 spiro atoms. The van der Waals surface area contributed by atoms with Crippen molar-refractivity contribution in [2.24, 2.45) is 5.92 Å². The lowest BCUT2D eigenvalue weighted by atomic mass is 9.83. The van der Waals surface area contributed by atoms with Crippen LogP contribution < -0.4 is 5.32 Å². The van der Waals surface area contributed by atoms with E-state index in [9.17, 15) is 9.59 Å². The molecule has 0 bridgehead atoms. The number of aryl methyl sites for hydroxylation is 1. The Hall–Kier alpha value is -1.64. The van der Waals surface area contributed by atoms with Crippen molar-refractivity contribution in [3.8, 4) is 0 Å². The van der Waals surface area contributed by atoms with E-state index < -0.39 is 0 Å². The molecule has 0 saturated heterocycles. The van der Waals surface area contributed by atoms with Gasteiger partial charge in [-0.2, -0.15) is 0 Å². The lowest BCUT2D eigenvalue weighted by Crippen LogP contribution is -2.19. The van der Waals surface area contributed by atoms with Crippen LogP contribution in [0.4, 0.5) is 5.69 Å². The first-order chi connectivity index (χ1) is 9.20. The minimum Gasteiger partial charge on any atom is -0.326 e. The van der Waals surface area contributed by atoms with Gasteiger partial charge in [-0.3, -0.25) is 9.59 Å².